The first kappa shape index (κ1) is 21.3. The van der Waals surface area contributed by atoms with Crippen molar-refractivity contribution >= 4 is 36.0 Å². The van der Waals surface area contributed by atoms with Crippen LogP contribution in [0.2, 0.25) is 0 Å². The monoisotopic (exact) mass is 488 g/mol. The molecule has 1 heterocycles. The van der Waals surface area contributed by atoms with Gasteiger partial charge in [0.15, 0.2) is 0 Å². The van der Waals surface area contributed by atoms with E-state index in [1.165, 1.54) is 26.8 Å². The first-order chi connectivity index (χ1) is 13.3. The third kappa shape index (κ3) is 4.25. The fraction of sp³-hybridized carbons (Fsp3) is 0.333. The third-order valence-corrected chi connectivity index (χ3v) is 8.73. The van der Waals surface area contributed by atoms with Crippen LogP contribution in [0.5, 0.6) is 5.75 Å². The normalized spacial score (nSPS) is 16.8. The lowest BCUT2D eigenvalue weighted by molar-refractivity contribution is 0.271. The lowest BCUT2D eigenvalue weighted by atomic mass is 10.3. The molecule has 0 amide bonds. The van der Waals surface area contributed by atoms with E-state index in [1.54, 1.807) is 37.3 Å². The van der Waals surface area contributed by atoms with Gasteiger partial charge in [-0.15, -0.1) is 0 Å². The van der Waals surface area contributed by atoms with Gasteiger partial charge in [-0.2, -0.15) is 8.61 Å². The minimum atomic E-state index is -3.81. The third-order valence-electron chi connectivity index (χ3n) is 4.40. The topological polar surface area (TPSA) is 84.0 Å². The highest BCUT2D eigenvalue weighted by Gasteiger charge is 2.35. The van der Waals surface area contributed by atoms with Gasteiger partial charge in [-0.1, -0.05) is 34.1 Å². The molecule has 3 rings (SSSR count). The zero-order chi connectivity index (χ0) is 20.4. The quantitative estimate of drug-likeness (QED) is 0.623. The molecule has 0 saturated carbocycles. The lowest BCUT2D eigenvalue weighted by Crippen LogP contribution is -2.50. The van der Waals surface area contributed by atoms with E-state index in [0.29, 0.717) is 11.1 Å². The van der Waals surface area contributed by atoms with Gasteiger partial charge in [-0.05, 0) is 37.3 Å². The fourth-order valence-electron chi connectivity index (χ4n) is 2.99. The predicted molar refractivity (Wildman–Crippen MR) is 109 cm³/mol. The average molecular weight is 489 g/mol. The molecule has 1 aliphatic heterocycles. The highest BCUT2D eigenvalue weighted by Crippen LogP contribution is 2.31. The summed E-state index contributed by atoms with van der Waals surface area (Å²) in [6, 6.07) is 13.0. The summed E-state index contributed by atoms with van der Waals surface area (Å²) in [5.41, 5.74) is 0. The Morgan fingerprint density at radius 2 is 1.46 bits per heavy atom. The van der Waals surface area contributed by atoms with Gasteiger partial charge in [-0.25, -0.2) is 16.8 Å². The van der Waals surface area contributed by atoms with Crippen LogP contribution in [-0.4, -0.2) is 58.2 Å². The molecule has 10 heteroatoms. The van der Waals surface area contributed by atoms with Crippen molar-refractivity contribution in [1.82, 2.24) is 8.61 Å². The molecule has 0 aromatic heterocycles. The molecule has 7 nitrogen and oxygen atoms in total. The fourth-order valence-corrected chi connectivity index (χ4v) is 6.52. The molecule has 0 N–H and O–H groups in total. The van der Waals surface area contributed by atoms with Crippen LogP contribution in [0.1, 0.15) is 6.92 Å². The number of rotatable bonds is 6. The minimum Gasteiger partial charge on any atom is -0.492 e. The van der Waals surface area contributed by atoms with Crippen LogP contribution in [0.15, 0.2) is 62.8 Å². The highest BCUT2D eigenvalue weighted by atomic mass is 79.9. The van der Waals surface area contributed by atoms with E-state index in [2.05, 4.69) is 15.9 Å². The summed E-state index contributed by atoms with van der Waals surface area (Å²) in [6.45, 7) is 2.46. The number of ether oxygens (including phenoxy) is 1. The molecule has 0 unspecified atom stereocenters. The summed E-state index contributed by atoms with van der Waals surface area (Å²) < 4.78 is 60.4. The van der Waals surface area contributed by atoms with Crippen LogP contribution >= 0.6 is 15.9 Å². The largest absolute Gasteiger partial charge is 0.492 e. The molecule has 2 aromatic carbocycles. The Balaban J connectivity index is 1.81. The Morgan fingerprint density at radius 1 is 0.893 bits per heavy atom. The lowest BCUT2D eigenvalue weighted by Gasteiger charge is -2.33. The second-order valence-electron chi connectivity index (χ2n) is 6.15. The van der Waals surface area contributed by atoms with Crippen molar-refractivity contribution in [3.05, 3.63) is 53.0 Å². The van der Waals surface area contributed by atoms with Crippen LogP contribution in [0.4, 0.5) is 0 Å². The zero-order valence-electron chi connectivity index (χ0n) is 15.3. The number of benzene rings is 2. The van der Waals surface area contributed by atoms with Gasteiger partial charge in [0.1, 0.15) is 10.6 Å². The van der Waals surface area contributed by atoms with E-state index in [1.807, 2.05) is 0 Å². The molecule has 0 bridgehead atoms. The smallest absolute Gasteiger partial charge is 0.246 e. The second kappa shape index (κ2) is 8.50. The van der Waals surface area contributed by atoms with E-state index in [0.717, 1.165) is 0 Å². The van der Waals surface area contributed by atoms with Crippen LogP contribution in [0, 0.1) is 0 Å². The van der Waals surface area contributed by atoms with E-state index in [-0.39, 0.29) is 41.7 Å². The van der Waals surface area contributed by atoms with Crippen LogP contribution in [-0.2, 0) is 20.0 Å². The summed E-state index contributed by atoms with van der Waals surface area (Å²) in [5.74, 6) is 0.282. The number of hydrogen-bond donors (Lipinski definition) is 0. The van der Waals surface area contributed by atoms with Gasteiger partial charge in [0, 0.05) is 30.7 Å². The molecule has 2 aromatic rings. The van der Waals surface area contributed by atoms with Crippen molar-refractivity contribution in [1.29, 1.82) is 0 Å². The standard InChI is InChI=1S/C18H21BrN2O5S2/c1-2-26-17-9-8-15(19)14-18(17)28(24,25)21-12-10-20(11-13-21)27(22,23)16-6-4-3-5-7-16/h3-9,14H,2,10-13H2,1H3. The van der Waals surface area contributed by atoms with Crippen molar-refractivity contribution in [2.24, 2.45) is 0 Å². The van der Waals surface area contributed by atoms with Crippen LogP contribution in [0.25, 0.3) is 0 Å². The van der Waals surface area contributed by atoms with Gasteiger partial charge in [0.2, 0.25) is 20.0 Å². The first-order valence-corrected chi connectivity index (χ1v) is 12.4. The molecule has 1 fully saturated rings. The zero-order valence-corrected chi connectivity index (χ0v) is 18.5. The summed E-state index contributed by atoms with van der Waals surface area (Å²) in [7, 11) is -7.45. The molecule has 152 valence electrons. The van der Waals surface area contributed by atoms with Gasteiger partial charge in [-0.3, -0.25) is 0 Å². The molecule has 1 saturated heterocycles. The summed E-state index contributed by atoms with van der Waals surface area (Å²) >= 11 is 3.30. The van der Waals surface area contributed by atoms with Gasteiger partial charge >= 0.3 is 0 Å². The van der Waals surface area contributed by atoms with Gasteiger partial charge in [0.25, 0.3) is 0 Å². The maximum Gasteiger partial charge on any atom is 0.246 e. The number of hydrogen-bond acceptors (Lipinski definition) is 5. The Bertz CT molecular complexity index is 1030. The van der Waals surface area contributed by atoms with Gasteiger partial charge in [0.05, 0.1) is 11.5 Å². The van der Waals surface area contributed by atoms with E-state index in [4.69, 9.17) is 4.74 Å². The maximum absolute atomic E-state index is 13.1. The van der Waals surface area contributed by atoms with Crippen molar-refractivity contribution < 1.29 is 21.6 Å². The molecule has 1 aliphatic rings. The molecule has 0 atom stereocenters. The van der Waals surface area contributed by atoms with Crippen LogP contribution < -0.4 is 4.74 Å². The molecule has 0 aliphatic carbocycles. The molecular weight excluding hydrogens is 468 g/mol. The van der Waals surface area contributed by atoms with E-state index < -0.39 is 20.0 Å². The van der Waals surface area contributed by atoms with Crippen LogP contribution in [0.3, 0.4) is 0 Å². The Labute approximate surface area is 174 Å². The molecular formula is C18H21BrN2O5S2. The van der Waals surface area contributed by atoms with Crippen molar-refractivity contribution in [2.45, 2.75) is 16.7 Å². The molecule has 0 spiro atoms. The highest BCUT2D eigenvalue weighted by molar-refractivity contribution is 9.10. The number of piperazine rings is 1. The Kier molecular flexibility index (Phi) is 6.45. The Morgan fingerprint density at radius 3 is 2.04 bits per heavy atom. The van der Waals surface area contributed by atoms with E-state index in [9.17, 15) is 16.8 Å². The predicted octanol–water partition coefficient (Wildman–Crippen LogP) is 2.54. The summed E-state index contributed by atoms with van der Waals surface area (Å²) in [4.78, 5) is 0.278. The SMILES string of the molecule is CCOc1ccc(Br)cc1S(=O)(=O)N1CCN(S(=O)(=O)c2ccccc2)CC1. The van der Waals surface area contributed by atoms with Crippen molar-refractivity contribution in [2.75, 3.05) is 32.8 Å². The van der Waals surface area contributed by atoms with Crippen molar-refractivity contribution in [3.8, 4) is 5.75 Å². The van der Waals surface area contributed by atoms with E-state index >= 15 is 0 Å². The second-order valence-corrected chi connectivity index (χ2v) is 10.9. The summed E-state index contributed by atoms with van der Waals surface area (Å²) in [5, 5.41) is 0. The summed E-state index contributed by atoms with van der Waals surface area (Å²) in [6.07, 6.45) is 0. The average Bonchev–Trinajstić information content (AvgIpc) is 2.70. The Hall–Kier alpha value is -1.46. The molecule has 28 heavy (non-hydrogen) atoms. The number of sulfonamides is 2. The van der Waals surface area contributed by atoms with Crippen molar-refractivity contribution in [3.63, 3.8) is 0 Å². The maximum atomic E-state index is 13.1. The van der Waals surface area contributed by atoms with Gasteiger partial charge < -0.3 is 4.74 Å². The minimum absolute atomic E-state index is 0.0723. The number of halogens is 1. The number of nitrogens with zero attached hydrogens (tertiary/aromatic N) is 2. The first-order valence-electron chi connectivity index (χ1n) is 8.74. The molecule has 0 radical (unpaired) electrons.